The summed E-state index contributed by atoms with van der Waals surface area (Å²) in [7, 11) is 0. The number of ether oxygens (including phenoxy) is 1. The molecule has 2 N–H and O–H groups in total. The van der Waals surface area contributed by atoms with Crippen molar-refractivity contribution >= 4 is 29.6 Å². The summed E-state index contributed by atoms with van der Waals surface area (Å²) in [4.78, 5) is 11.8. The first-order chi connectivity index (χ1) is 10.1. The van der Waals surface area contributed by atoms with E-state index in [-0.39, 0.29) is 0 Å². The summed E-state index contributed by atoms with van der Waals surface area (Å²) < 4.78 is 4.98. The molecule has 2 aromatic rings. The van der Waals surface area contributed by atoms with Gasteiger partial charge in [-0.15, -0.1) is 0 Å². The lowest BCUT2D eigenvalue weighted by atomic mass is 10.2. The number of H-pyrrole nitrogens is 1. The Morgan fingerprint density at radius 1 is 1.52 bits per heavy atom. The average molecular weight is 307 g/mol. The van der Waals surface area contributed by atoms with Gasteiger partial charge in [-0.1, -0.05) is 29.8 Å². The van der Waals surface area contributed by atoms with Gasteiger partial charge in [0.2, 0.25) is 0 Å². The largest absolute Gasteiger partial charge is 0.462 e. The van der Waals surface area contributed by atoms with Crippen molar-refractivity contribution < 1.29 is 9.53 Å². The number of carbonyl (C=O) groups excluding carboxylic acids is 1. The molecule has 7 heteroatoms. The molecule has 1 aromatic carbocycles. The van der Waals surface area contributed by atoms with Crippen LogP contribution in [0.3, 0.4) is 0 Å². The van der Waals surface area contributed by atoms with E-state index in [1.807, 2.05) is 18.2 Å². The minimum atomic E-state index is -0.445. The molecule has 0 saturated heterocycles. The number of aromatic amines is 1. The summed E-state index contributed by atoms with van der Waals surface area (Å²) in [6, 6.07) is 7.29. The maximum absolute atomic E-state index is 11.8. The third-order valence-corrected chi connectivity index (χ3v) is 3.05. The van der Waals surface area contributed by atoms with Crippen LogP contribution in [0, 0.1) is 6.92 Å². The second-order valence-corrected chi connectivity index (χ2v) is 4.59. The number of anilines is 1. The number of halogens is 1. The van der Waals surface area contributed by atoms with Crippen molar-refractivity contribution in [3.05, 3.63) is 46.1 Å². The summed E-state index contributed by atoms with van der Waals surface area (Å²) in [5.41, 5.74) is 4.43. The first-order valence-corrected chi connectivity index (χ1v) is 6.77. The SMILES string of the molecule is CCOC(=O)c1c(N/N=C/c2ccccc2Cl)n[nH]c1C. The summed E-state index contributed by atoms with van der Waals surface area (Å²) in [6.07, 6.45) is 1.56. The Kier molecular flexibility index (Phi) is 4.94. The van der Waals surface area contributed by atoms with Gasteiger partial charge in [-0.3, -0.25) is 10.5 Å². The molecule has 110 valence electrons. The van der Waals surface area contributed by atoms with Crippen molar-refractivity contribution in [2.75, 3.05) is 12.0 Å². The second kappa shape index (κ2) is 6.90. The zero-order chi connectivity index (χ0) is 15.2. The van der Waals surface area contributed by atoms with Crippen molar-refractivity contribution in [3.63, 3.8) is 0 Å². The van der Waals surface area contributed by atoms with Crippen molar-refractivity contribution in [2.24, 2.45) is 5.10 Å². The van der Waals surface area contributed by atoms with E-state index in [1.54, 1.807) is 26.1 Å². The van der Waals surface area contributed by atoms with Crippen LogP contribution in [0.4, 0.5) is 5.82 Å². The van der Waals surface area contributed by atoms with E-state index in [1.165, 1.54) is 0 Å². The highest BCUT2D eigenvalue weighted by atomic mass is 35.5. The molecule has 0 aliphatic carbocycles. The smallest absolute Gasteiger partial charge is 0.343 e. The number of aromatic nitrogens is 2. The fraction of sp³-hybridized carbons (Fsp3) is 0.214. The Morgan fingerprint density at radius 2 is 2.29 bits per heavy atom. The van der Waals surface area contributed by atoms with Crippen LogP contribution >= 0.6 is 11.6 Å². The Labute approximate surface area is 127 Å². The predicted octanol–water partition coefficient (Wildman–Crippen LogP) is 2.99. The third kappa shape index (κ3) is 3.61. The first kappa shape index (κ1) is 15.1. The van der Waals surface area contributed by atoms with Gasteiger partial charge in [0.05, 0.1) is 12.8 Å². The number of rotatable bonds is 5. The van der Waals surface area contributed by atoms with Gasteiger partial charge in [-0.05, 0) is 19.9 Å². The molecule has 0 radical (unpaired) electrons. The molecular weight excluding hydrogens is 292 g/mol. The van der Waals surface area contributed by atoms with Crippen molar-refractivity contribution in [1.29, 1.82) is 0 Å². The highest BCUT2D eigenvalue weighted by Gasteiger charge is 2.18. The van der Waals surface area contributed by atoms with Crippen LogP contribution in [0.1, 0.15) is 28.5 Å². The molecule has 21 heavy (non-hydrogen) atoms. The second-order valence-electron chi connectivity index (χ2n) is 4.18. The Bertz CT molecular complexity index is 667. The molecule has 1 aromatic heterocycles. The maximum atomic E-state index is 11.8. The normalized spacial score (nSPS) is 10.8. The topological polar surface area (TPSA) is 79.4 Å². The van der Waals surface area contributed by atoms with Crippen molar-refractivity contribution in [1.82, 2.24) is 10.2 Å². The van der Waals surface area contributed by atoms with Gasteiger partial charge in [0.15, 0.2) is 5.82 Å². The van der Waals surface area contributed by atoms with Gasteiger partial charge in [0, 0.05) is 16.3 Å². The number of esters is 1. The predicted molar refractivity (Wildman–Crippen MR) is 81.9 cm³/mol. The van der Waals surface area contributed by atoms with E-state index >= 15 is 0 Å². The van der Waals surface area contributed by atoms with E-state index in [2.05, 4.69) is 20.7 Å². The number of aryl methyl sites for hydroxylation is 1. The summed E-state index contributed by atoms with van der Waals surface area (Å²) >= 11 is 6.02. The van der Waals surface area contributed by atoms with Crippen LogP contribution in [0.2, 0.25) is 5.02 Å². The highest BCUT2D eigenvalue weighted by molar-refractivity contribution is 6.33. The summed E-state index contributed by atoms with van der Waals surface area (Å²) in [5.74, 6) is -0.131. The zero-order valence-electron chi connectivity index (χ0n) is 11.7. The number of hydrogen-bond acceptors (Lipinski definition) is 5. The third-order valence-electron chi connectivity index (χ3n) is 2.71. The maximum Gasteiger partial charge on any atom is 0.343 e. The molecule has 0 fully saturated rings. The number of hydrazone groups is 1. The number of hydrogen-bond donors (Lipinski definition) is 2. The monoisotopic (exact) mass is 306 g/mol. The van der Waals surface area contributed by atoms with Gasteiger partial charge in [0.25, 0.3) is 0 Å². The van der Waals surface area contributed by atoms with Crippen molar-refractivity contribution in [2.45, 2.75) is 13.8 Å². The fourth-order valence-corrected chi connectivity index (χ4v) is 1.89. The fourth-order valence-electron chi connectivity index (χ4n) is 1.71. The summed E-state index contributed by atoms with van der Waals surface area (Å²) in [5, 5.41) is 11.3. The molecule has 1 heterocycles. The molecule has 0 amide bonds. The Balaban J connectivity index is 2.14. The number of nitrogens with zero attached hydrogens (tertiary/aromatic N) is 2. The lowest BCUT2D eigenvalue weighted by Gasteiger charge is -2.03. The van der Waals surface area contributed by atoms with Crippen LogP contribution in [0.25, 0.3) is 0 Å². The first-order valence-electron chi connectivity index (χ1n) is 6.39. The van der Waals surface area contributed by atoms with Gasteiger partial charge in [-0.25, -0.2) is 4.79 Å². The Hall–Kier alpha value is -2.34. The molecule has 0 aliphatic heterocycles. The molecule has 0 atom stereocenters. The highest BCUT2D eigenvalue weighted by Crippen LogP contribution is 2.17. The van der Waals surface area contributed by atoms with Gasteiger partial charge >= 0.3 is 5.97 Å². The zero-order valence-corrected chi connectivity index (χ0v) is 12.4. The van der Waals surface area contributed by atoms with Gasteiger partial charge < -0.3 is 4.74 Å². The van der Waals surface area contributed by atoms with E-state index in [0.717, 1.165) is 5.56 Å². The molecular formula is C14H15ClN4O2. The number of nitrogens with one attached hydrogen (secondary N) is 2. The number of benzene rings is 1. The Morgan fingerprint density at radius 3 is 3.00 bits per heavy atom. The minimum absolute atomic E-state index is 0.297. The molecule has 6 nitrogen and oxygen atoms in total. The van der Waals surface area contributed by atoms with Crippen LogP contribution in [0.15, 0.2) is 29.4 Å². The van der Waals surface area contributed by atoms with Crippen molar-refractivity contribution in [3.8, 4) is 0 Å². The summed E-state index contributed by atoms with van der Waals surface area (Å²) in [6.45, 7) is 3.78. The molecule has 0 spiro atoms. The molecule has 0 aliphatic rings. The number of carbonyl (C=O) groups is 1. The lowest BCUT2D eigenvalue weighted by Crippen LogP contribution is -2.08. The van der Waals surface area contributed by atoms with Crippen LogP contribution in [-0.2, 0) is 4.74 Å². The lowest BCUT2D eigenvalue weighted by molar-refractivity contribution is 0.0526. The minimum Gasteiger partial charge on any atom is -0.462 e. The van der Waals surface area contributed by atoms with Gasteiger partial charge in [0.1, 0.15) is 5.56 Å². The van der Waals surface area contributed by atoms with E-state index < -0.39 is 5.97 Å². The van der Waals surface area contributed by atoms with E-state index in [4.69, 9.17) is 16.3 Å². The van der Waals surface area contributed by atoms with Crippen LogP contribution in [-0.4, -0.2) is 29.0 Å². The molecule has 0 bridgehead atoms. The van der Waals surface area contributed by atoms with E-state index in [0.29, 0.717) is 28.7 Å². The molecule has 2 rings (SSSR count). The quantitative estimate of drug-likeness (QED) is 0.505. The standard InChI is InChI=1S/C14H15ClN4O2/c1-3-21-14(20)12-9(2)17-19-13(12)18-16-8-10-6-4-5-7-11(10)15/h4-8H,3H2,1-2H3,(H2,17,18,19)/b16-8+. The molecule has 0 unspecified atom stereocenters. The molecule has 0 saturated carbocycles. The van der Waals surface area contributed by atoms with Gasteiger partial charge in [-0.2, -0.15) is 10.2 Å². The van der Waals surface area contributed by atoms with Crippen LogP contribution in [0.5, 0.6) is 0 Å². The average Bonchev–Trinajstić information content (AvgIpc) is 2.82. The van der Waals surface area contributed by atoms with Crippen LogP contribution < -0.4 is 5.43 Å². The van der Waals surface area contributed by atoms with E-state index in [9.17, 15) is 4.79 Å².